The number of amides is 2. The first-order chi connectivity index (χ1) is 9.99. The number of carboxylic acids is 1. The highest BCUT2D eigenvalue weighted by Crippen LogP contribution is 2.21. The van der Waals surface area contributed by atoms with Gasteiger partial charge in [-0.05, 0) is 25.8 Å². The van der Waals surface area contributed by atoms with E-state index in [2.05, 4.69) is 5.32 Å². The molecule has 1 aliphatic carbocycles. The average molecular weight is 294 g/mol. The first kappa shape index (κ1) is 15.4. The molecule has 1 aromatic rings. The second-order valence-electron chi connectivity index (χ2n) is 5.55. The second-order valence-corrected chi connectivity index (χ2v) is 5.55. The number of carbonyl (C=O) groups is 2. The zero-order valence-corrected chi connectivity index (χ0v) is 12.5. The van der Waals surface area contributed by atoms with E-state index in [0.717, 1.165) is 12.8 Å². The Balaban J connectivity index is 1.88. The van der Waals surface area contributed by atoms with Crippen LogP contribution in [0.5, 0.6) is 0 Å². The van der Waals surface area contributed by atoms with E-state index < -0.39 is 5.97 Å². The zero-order valence-electron chi connectivity index (χ0n) is 12.5. The van der Waals surface area contributed by atoms with E-state index in [9.17, 15) is 9.59 Å². The summed E-state index contributed by atoms with van der Waals surface area (Å²) in [5.41, 5.74) is 0.139. The molecule has 1 aliphatic rings. The van der Waals surface area contributed by atoms with E-state index in [-0.39, 0.29) is 18.1 Å². The predicted molar refractivity (Wildman–Crippen MR) is 77.3 cm³/mol. The minimum atomic E-state index is -1.02. The van der Waals surface area contributed by atoms with Crippen molar-refractivity contribution < 1.29 is 19.1 Å². The van der Waals surface area contributed by atoms with E-state index in [1.54, 1.807) is 18.9 Å². The van der Waals surface area contributed by atoms with Gasteiger partial charge in [0.05, 0.1) is 6.54 Å². The number of hydrogen-bond donors (Lipinski definition) is 2. The van der Waals surface area contributed by atoms with Crippen LogP contribution in [0, 0.1) is 6.92 Å². The van der Waals surface area contributed by atoms with E-state index in [0.29, 0.717) is 17.6 Å². The molecule has 0 unspecified atom stereocenters. The molecule has 6 nitrogen and oxygen atoms in total. The molecule has 0 aliphatic heterocycles. The lowest BCUT2D eigenvalue weighted by molar-refractivity contribution is 0.0695. The number of urea groups is 1. The molecular formula is C15H22N2O4. The van der Waals surface area contributed by atoms with Crippen molar-refractivity contribution in [2.45, 2.75) is 51.6 Å². The summed E-state index contributed by atoms with van der Waals surface area (Å²) in [7, 11) is 1.81. The van der Waals surface area contributed by atoms with Gasteiger partial charge >= 0.3 is 12.0 Å². The fourth-order valence-corrected chi connectivity index (χ4v) is 2.76. The molecule has 2 N–H and O–H groups in total. The van der Waals surface area contributed by atoms with Gasteiger partial charge in [0, 0.05) is 13.1 Å². The number of aryl methyl sites for hydroxylation is 1. The Kier molecular flexibility index (Phi) is 4.88. The van der Waals surface area contributed by atoms with Gasteiger partial charge in [0.1, 0.15) is 17.1 Å². The van der Waals surface area contributed by atoms with Crippen LogP contribution in [-0.2, 0) is 6.54 Å². The van der Waals surface area contributed by atoms with Crippen molar-refractivity contribution in [3.8, 4) is 0 Å². The third-order valence-corrected chi connectivity index (χ3v) is 4.06. The molecule has 2 rings (SSSR count). The van der Waals surface area contributed by atoms with Crippen molar-refractivity contribution >= 4 is 12.0 Å². The fraction of sp³-hybridized carbons (Fsp3) is 0.600. The number of furan rings is 1. The number of hydrogen-bond acceptors (Lipinski definition) is 3. The van der Waals surface area contributed by atoms with Gasteiger partial charge in [0.2, 0.25) is 0 Å². The summed E-state index contributed by atoms with van der Waals surface area (Å²) in [4.78, 5) is 24.8. The highest BCUT2D eigenvalue weighted by Gasteiger charge is 2.22. The van der Waals surface area contributed by atoms with Crippen LogP contribution in [0.2, 0.25) is 0 Å². The summed E-state index contributed by atoms with van der Waals surface area (Å²) < 4.78 is 5.34. The summed E-state index contributed by atoms with van der Waals surface area (Å²) >= 11 is 0. The lowest BCUT2D eigenvalue weighted by Gasteiger charge is -2.31. The summed E-state index contributed by atoms with van der Waals surface area (Å²) in [6.45, 7) is 1.80. The van der Waals surface area contributed by atoms with Gasteiger partial charge < -0.3 is 19.7 Å². The molecule has 1 heterocycles. The SMILES string of the molecule is Cc1oc(CNC(=O)N(C)C2CCCCC2)cc1C(=O)O. The molecule has 21 heavy (non-hydrogen) atoms. The monoisotopic (exact) mass is 294 g/mol. The van der Waals surface area contributed by atoms with Crippen LogP contribution < -0.4 is 5.32 Å². The molecule has 2 amide bonds. The number of carbonyl (C=O) groups excluding carboxylic acids is 1. The Morgan fingerprint density at radius 2 is 2.05 bits per heavy atom. The van der Waals surface area contributed by atoms with Crippen LogP contribution in [0.4, 0.5) is 4.79 Å². The molecule has 116 valence electrons. The summed E-state index contributed by atoms with van der Waals surface area (Å²) in [5, 5.41) is 11.7. The average Bonchev–Trinajstić information content (AvgIpc) is 2.86. The van der Waals surface area contributed by atoms with E-state index in [4.69, 9.17) is 9.52 Å². The third kappa shape index (κ3) is 3.77. The number of rotatable bonds is 4. The van der Waals surface area contributed by atoms with Gasteiger partial charge in [0.25, 0.3) is 0 Å². The number of nitrogens with zero attached hydrogens (tertiary/aromatic N) is 1. The maximum atomic E-state index is 12.1. The predicted octanol–water partition coefficient (Wildman–Crippen LogP) is 2.76. The smallest absolute Gasteiger partial charge is 0.339 e. The Hall–Kier alpha value is -1.98. The molecule has 0 aromatic carbocycles. The third-order valence-electron chi connectivity index (χ3n) is 4.06. The maximum absolute atomic E-state index is 12.1. The van der Waals surface area contributed by atoms with Gasteiger partial charge in [0.15, 0.2) is 0 Å². The number of aromatic carboxylic acids is 1. The first-order valence-corrected chi connectivity index (χ1v) is 7.32. The van der Waals surface area contributed by atoms with Crippen molar-refractivity contribution in [2.75, 3.05) is 7.05 Å². The van der Waals surface area contributed by atoms with Crippen LogP contribution in [0.15, 0.2) is 10.5 Å². The molecule has 0 radical (unpaired) electrons. The van der Waals surface area contributed by atoms with Crippen LogP contribution in [0.3, 0.4) is 0 Å². The van der Waals surface area contributed by atoms with Crippen molar-refractivity contribution in [1.29, 1.82) is 0 Å². The number of carboxylic acid groups (broad SMARTS) is 1. The summed E-state index contributed by atoms with van der Waals surface area (Å²) in [6, 6.07) is 1.61. The number of nitrogens with one attached hydrogen (secondary N) is 1. The second kappa shape index (κ2) is 6.65. The standard InChI is InChI=1S/C15H22N2O4/c1-10-13(14(18)19)8-12(21-10)9-16-15(20)17(2)11-6-4-3-5-7-11/h8,11H,3-7,9H2,1-2H3,(H,16,20)(H,18,19). The lowest BCUT2D eigenvalue weighted by Crippen LogP contribution is -2.44. The van der Waals surface area contributed by atoms with Crippen molar-refractivity contribution in [3.05, 3.63) is 23.2 Å². The Morgan fingerprint density at radius 3 is 2.62 bits per heavy atom. The van der Waals surface area contributed by atoms with E-state index in [1.165, 1.54) is 25.3 Å². The largest absolute Gasteiger partial charge is 0.478 e. The van der Waals surface area contributed by atoms with Gasteiger partial charge in [-0.25, -0.2) is 9.59 Å². The van der Waals surface area contributed by atoms with Gasteiger partial charge in [-0.3, -0.25) is 0 Å². The quantitative estimate of drug-likeness (QED) is 0.894. The molecule has 0 spiro atoms. The maximum Gasteiger partial charge on any atom is 0.339 e. The minimum absolute atomic E-state index is 0.139. The van der Waals surface area contributed by atoms with Gasteiger partial charge in [-0.1, -0.05) is 19.3 Å². The molecule has 1 saturated carbocycles. The zero-order chi connectivity index (χ0) is 15.4. The molecule has 0 bridgehead atoms. The van der Waals surface area contributed by atoms with Crippen molar-refractivity contribution in [3.63, 3.8) is 0 Å². The van der Waals surface area contributed by atoms with Crippen LogP contribution in [0.25, 0.3) is 0 Å². The summed E-state index contributed by atoms with van der Waals surface area (Å²) in [6.07, 6.45) is 5.68. The molecular weight excluding hydrogens is 272 g/mol. The van der Waals surface area contributed by atoms with Crippen molar-refractivity contribution in [2.24, 2.45) is 0 Å². The Bertz CT molecular complexity index is 518. The summed E-state index contributed by atoms with van der Waals surface area (Å²) in [5.74, 6) is -0.212. The topological polar surface area (TPSA) is 82.8 Å². The van der Waals surface area contributed by atoms with Gasteiger partial charge in [-0.15, -0.1) is 0 Å². The van der Waals surface area contributed by atoms with E-state index >= 15 is 0 Å². The lowest BCUT2D eigenvalue weighted by atomic mass is 9.95. The highest BCUT2D eigenvalue weighted by molar-refractivity contribution is 5.88. The molecule has 1 aromatic heterocycles. The fourth-order valence-electron chi connectivity index (χ4n) is 2.76. The van der Waals surface area contributed by atoms with Crippen LogP contribution >= 0.6 is 0 Å². The minimum Gasteiger partial charge on any atom is -0.478 e. The Labute approximate surface area is 124 Å². The highest BCUT2D eigenvalue weighted by atomic mass is 16.4. The Morgan fingerprint density at radius 1 is 1.38 bits per heavy atom. The molecule has 1 fully saturated rings. The molecule has 0 saturated heterocycles. The van der Waals surface area contributed by atoms with E-state index in [1.807, 2.05) is 0 Å². The van der Waals surface area contributed by atoms with Gasteiger partial charge in [-0.2, -0.15) is 0 Å². The normalized spacial score (nSPS) is 15.7. The van der Waals surface area contributed by atoms with Crippen LogP contribution in [-0.4, -0.2) is 35.1 Å². The van der Waals surface area contributed by atoms with Crippen LogP contribution in [0.1, 0.15) is 54.0 Å². The molecule has 0 atom stereocenters. The molecule has 6 heteroatoms. The first-order valence-electron chi connectivity index (χ1n) is 7.32. The van der Waals surface area contributed by atoms with Crippen molar-refractivity contribution in [1.82, 2.24) is 10.2 Å².